The van der Waals surface area contributed by atoms with Gasteiger partial charge in [0, 0.05) is 43.9 Å². The quantitative estimate of drug-likeness (QED) is 0.0254. The van der Waals surface area contributed by atoms with E-state index in [1.807, 2.05) is 0 Å². The van der Waals surface area contributed by atoms with Gasteiger partial charge in [0.05, 0.1) is 26.2 Å². The van der Waals surface area contributed by atoms with Gasteiger partial charge in [0.25, 0.3) is 0 Å². The lowest BCUT2D eigenvalue weighted by molar-refractivity contribution is -0.301. The van der Waals surface area contributed by atoms with Crippen molar-refractivity contribution >= 4 is 86.6 Å². The SMILES string of the molecule is NC(=O)CNC(=O)[C@@H](CCCN=C(N)N)NC(=O)[C@@H]1CCCN1C(=O)[C@@H]1CSSCCC(=O)N[C@H](Cc2ccc(O)cc2)C(=O)N[C@@H](Cc2ccccc2)C(=O)N[C@@H](COC2O[C@H](CO)[C@H](O)[C@H](O)[C@H]2O)C(=O)N[C@@H](CC(N)=O)C(=O)N1. The number of likely N-dealkylation sites (tertiary alicyclic amines) is 1. The van der Waals surface area contributed by atoms with Crippen molar-refractivity contribution in [2.45, 2.75) is 124 Å². The van der Waals surface area contributed by atoms with E-state index in [1.54, 1.807) is 30.3 Å². The number of rotatable bonds is 20. The molecular formula is C50H71N13O17S2. The van der Waals surface area contributed by atoms with Crippen molar-refractivity contribution in [3.05, 3.63) is 65.7 Å². The highest BCUT2D eigenvalue weighted by Crippen LogP contribution is 2.27. The van der Waals surface area contributed by atoms with Crippen molar-refractivity contribution in [1.29, 1.82) is 0 Å². The van der Waals surface area contributed by atoms with Crippen LogP contribution in [0.3, 0.4) is 0 Å². The third-order valence-corrected chi connectivity index (χ3v) is 15.5. The van der Waals surface area contributed by atoms with Crippen LogP contribution in [0.25, 0.3) is 0 Å². The predicted molar refractivity (Wildman–Crippen MR) is 293 cm³/mol. The number of hydrogen-bond acceptors (Lipinski definition) is 20. The van der Waals surface area contributed by atoms with Crippen molar-refractivity contribution in [3.63, 3.8) is 0 Å². The third kappa shape index (κ3) is 20.3. The number of hydrogen-bond donors (Lipinski definition) is 16. The van der Waals surface area contributed by atoms with Gasteiger partial charge in [-0.2, -0.15) is 0 Å². The second-order valence-corrected chi connectivity index (χ2v) is 22.0. The molecule has 82 heavy (non-hydrogen) atoms. The minimum absolute atomic E-state index is 0.0176. The molecule has 0 spiro atoms. The van der Waals surface area contributed by atoms with Gasteiger partial charge < -0.3 is 100 Å². The standard InChI is InChI=1S/C50H71N13O17S2/c51-36(66)20-31-45(75)62-33(48(78)63-16-5-9-34(63)47(77)58-28(8-4-15-55-50(53)54)42(72)56-21-37(52)67)24-82-81-17-14-38(68)57-29(19-26-10-12-27(65)13-11-26)43(73)59-30(18-25-6-2-1-3-7-25)44(74)61-32(46(76)60-31)23-79-49-41(71)40(70)39(69)35(22-64)80-49/h1-3,6-7,10-13,28-35,39-41,49,64-65,69-71H,4-5,8-9,14-24H2,(H2,51,66)(H2,52,67)(H,56,72)(H,57,68)(H,58,77)(H,59,73)(H,60,76)(H,61,74)(H,62,75)(H4,53,54,55)/t28-,29-,30+,31+,32+,33+,34+,35-,39+,40+,41-,49?/m1/s1. The van der Waals surface area contributed by atoms with E-state index in [2.05, 4.69) is 42.2 Å². The number of nitrogens with two attached hydrogens (primary N) is 4. The molecule has 0 saturated carbocycles. The first kappa shape index (κ1) is 65.5. The number of amides is 10. The normalized spacial score (nSPS) is 26.5. The molecule has 0 radical (unpaired) electrons. The number of ether oxygens (including phenoxy) is 2. The molecule has 10 amide bonds. The molecule has 5 rings (SSSR count). The maximum absolute atomic E-state index is 14.7. The number of aromatic hydroxyl groups is 1. The molecular weight excluding hydrogens is 1120 g/mol. The van der Waals surface area contributed by atoms with E-state index >= 15 is 0 Å². The number of phenolic OH excluding ortho intramolecular Hbond substituents is 1. The zero-order valence-corrected chi connectivity index (χ0v) is 46.0. The largest absolute Gasteiger partial charge is 0.508 e. The van der Waals surface area contributed by atoms with Gasteiger partial charge in [0.1, 0.15) is 72.5 Å². The summed E-state index contributed by atoms with van der Waals surface area (Å²) in [5, 5.41) is 69.2. The van der Waals surface area contributed by atoms with Crippen LogP contribution in [0.15, 0.2) is 59.6 Å². The summed E-state index contributed by atoms with van der Waals surface area (Å²) in [4.78, 5) is 143. The first-order valence-electron chi connectivity index (χ1n) is 26.0. The van der Waals surface area contributed by atoms with Crippen molar-refractivity contribution in [2.75, 3.05) is 44.4 Å². The Labute approximate surface area is 478 Å². The molecule has 12 atom stereocenters. The van der Waals surface area contributed by atoms with Crippen LogP contribution in [0.4, 0.5) is 0 Å². The summed E-state index contributed by atoms with van der Waals surface area (Å²) in [7, 11) is 2.11. The summed E-state index contributed by atoms with van der Waals surface area (Å²) in [5.41, 5.74) is 22.7. The first-order valence-corrected chi connectivity index (χ1v) is 28.5. The Kier molecular flexibility index (Phi) is 25.8. The number of carbonyl (C=O) groups is 10. The van der Waals surface area contributed by atoms with Crippen LogP contribution in [0.1, 0.15) is 49.7 Å². The Balaban J connectivity index is 1.50. The number of nitrogens with zero attached hydrogens (tertiary/aromatic N) is 2. The maximum Gasteiger partial charge on any atom is 0.246 e. The van der Waals surface area contributed by atoms with E-state index < -0.39 is 158 Å². The average molecular weight is 1190 g/mol. The van der Waals surface area contributed by atoms with Gasteiger partial charge in [0.2, 0.25) is 59.1 Å². The van der Waals surface area contributed by atoms with Crippen LogP contribution in [-0.4, -0.2) is 213 Å². The summed E-state index contributed by atoms with van der Waals surface area (Å²) in [6.07, 6.45) is -10.0. The molecule has 0 aromatic heterocycles. The van der Waals surface area contributed by atoms with Crippen LogP contribution >= 0.6 is 21.6 Å². The fourth-order valence-corrected chi connectivity index (χ4v) is 11.0. The average Bonchev–Trinajstić information content (AvgIpc) is 4.14. The zero-order valence-electron chi connectivity index (χ0n) is 44.4. The smallest absolute Gasteiger partial charge is 0.246 e. The molecule has 450 valence electrons. The Morgan fingerprint density at radius 3 is 2.04 bits per heavy atom. The van der Waals surface area contributed by atoms with Crippen LogP contribution in [0, 0.1) is 0 Å². The van der Waals surface area contributed by atoms with E-state index in [4.69, 9.17) is 32.4 Å². The summed E-state index contributed by atoms with van der Waals surface area (Å²) >= 11 is 0. The van der Waals surface area contributed by atoms with Crippen LogP contribution in [0.5, 0.6) is 5.75 Å². The number of phenols is 1. The lowest BCUT2D eigenvalue weighted by Crippen LogP contribution is -2.62. The topological polar surface area (TPSA) is 494 Å². The highest BCUT2D eigenvalue weighted by molar-refractivity contribution is 8.76. The van der Waals surface area contributed by atoms with E-state index in [0.29, 0.717) is 11.1 Å². The Morgan fingerprint density at radius 2 is 1.39 bits per heavy atom. The highest BCUT2D eigenvalue weighted by Gasteiger charge is 2.45. The number of aliphatic hydroxyl groups excluding tert-OH is 4. The molecule has 0 aliphatic carbocycles. The fraction of sp³-hybridized carbons (Fsp3) is 0.540. The summed E-state index contributed by atoms with van der Waals surface area (Å²) in [5.74, 6) is -9.79. The zero-order chi connectivity index (χ0) is 60.0. The van der Waals surface area contributed by atoms with Gasteiger partial charge in [-0.25, -0.2) is 0 Å². The van der Waals surface area contributed by atoms with Gasteiger partial charge in [-0.3, -0.25) is 52.9 Å². The second kappa shape index (κ2) is 32.3. The molecule has 3 heterocycles. The number of aliphatic hydroxyl groups is 4. The monoisotopic (exact) mass is 1190 g/mol. The second-order valence-electron chi connectivity index (χ2n) is 19.4. The molecule has 2 aromatic rings. The number of primary amides is 2. The fourth-order valence-electron chi connectivity index (χ4n) is 8.81. The molecule has 3 fully saturated rings. The van der Waals surface area contributed by atoms with Crippen molar-refractivity contribution in [3.8, 4) is 5.75 Å². The van der Waals surface area contributed by atoms with E-state index in [1.165, 1.54) is 29.2 Å². The minimum atomic E-state index is -1.99. The van der Waals surface area contributed by atoms with Crippen molar-refractivity contribution < 1.29 is 83.0 Å². The molecule has 32 heteroatoms. The molecule has 3 aliphatic heterocycles. The van der Waals surface area contributed by atoms with E-state index in [9.17, 15) is 73.5 Å². The van der Waals surface area contributed by atoms with Gasteiger partial charge in [-0.1, -0.05) is 64.1 Å². The lowest BCUT2D eigenvalue weighted by Gasteiger charge is -2.40. The number of guanidine groups is 1. The molecule has 3 saturated heterocycles. The molecule has 1 unspecified atom stereocenters. The van der Waals surface area contributed by atoms with Gasteiger partial charge in [0.15, 0.2) is 12.2 Å². The Bertz CT molecular complexity index is 2590. The molecule has 3 aliphatic rings. The minimum Gasteiger partial charge on any atom is -0.508 e. The van der Waals surface area contributed by atoms with Crippen molar-refractivity contribution in [2.24, 2.45) is 27.9 Å². The number of carbonyl (C=O) groups excluding carboxylic acids is 10. The first-order chi connectivity index (χ1) is 39.0. The third-order valence-electron chi connectivity index (χ3n) is 13.1. The maximum atomic E-state index is 14.7. The predicted octanol–water partition coefficient (Wildman–Crippen LogP) is -6.79. The van der Waals surface area contributed by atoms with Crippen LogP contribution in [0.2, 0.25) is 0 Å². The van der Waals surface area contributed by atoms with Gasteiger partial charge in [-0.05, 0) is 48.9 Å². The Morgan fingerprint density at radius 1 is 0.768 bits per heavy atom. The van der Waals surface area contributed by atoms with Crippen LogP contribution in [-0.2, 0) is 70.3 Å². The van der Waals surface area contributed by atoms with Crippen LogP contribution < -0.4 is 60.2 Å². The molecule has 20 N–H and O–H groups in total. The molecule has 0 bridgehead atoms. The molecule has 30 nitrogen and oxygen atoms in total. The van der Waals surface area contributed by atoms with E-state index in [-0.39, 0.29) is 81.3 Å². The molecule has 2 aromatic carbocycles. The summed E-state index contributed by atoms with van der Waals surface area (Å²) < 4.78 is 11.2. The Hall–Kier alpha value is -7.33. The summed E-state index contributed by atoms with van der Waals surface area (Å²) in [6, 6.07) is 3.34. The highest BCUT2D eigenvalue weighted by atomic mass is 33.1. The number of aliphatic imine (C=N–C) groups is 1. The van der Waals surface area contributed by atoms with Gasteiger partial charge >= 0.3 is 0 Å². The van der Waals surface area contributed by atoms with Gasteiger partial charge in [-0.15, -0.1) is 0 Å². The number of benzene rings is 2. The summed E-state index contributed by atoms with van der Waals surface area (Å²) in [6.45, 7) is -2.33. The van der Waals surface area contributed by atoms with E-state index in [0.717, 1.165) is 21.6 Å². The number of nitrogens with one attached hydrogen (secondary N) is 7. The van der Waals surface area contributed by atoms with Crippen molar-refractivity contribution in [1.82, 2.24) is 42.1 Å². The lowest BCUT2D eigenvalue weighted by atomic mass is 9.99.